The van der Waals surface area contributed by atoms with Gasteiger partial charge in [0, 0.05) is 28.7 Å². The molecule has 0 fully saturated rings. The second kappa shape index (κ2) is 5.24. The van der Waals surface area contributed by atoms with Crippen LogP contribution in [0.1, 0.15) is 35.5 Å². The van der Waals surface area contributed by atoms with E-state index in [9.17, 15) is 9.59 Å². The Balaban J connectivity index is 2.20. The van der Waals surface area contributed by atoms with Crippen LogP contribution in [-0.2, 0) is 4.79 Å². The third-order valence-corrected chi connectivity index (χ3v) is 3.84. The highest BCUT2D eigenvalue weighted by atomic mass is 16.4. The molecule has 0 saturated heterocycles. The number of aromatic nitrogens is 1. The van der Waals surface area contributed by atoms with Crippen molar-refractivity contribution in [2.45, 2.75) is 27.7 Å². The zero-order valence-electron chi connectivity index (χ0n) is 12.7. The number of nitrogens with one attached hydrogen (secondary N) is 2. The SMILES string of the molecule is Cc1[nH]c2ccc(C(=O)NCC(C)(C)C(=O)O)cc2c1C. The molecule has 0 radical (unpaired) electrons. The molecule has 0 bridgehead atoms. The molecule has 1 aromatic carbocycles. The topological polar surface area (TPSA) is 82.2 Å². The number of aryl methyl sites for hydroxylation is 2. The Bertz CT molecular complexity index is 714. The number of rotatable bonds is 4. The maximum atomic E-state index is 12.2. The Kier molecular flexibility index (Phi) is 3.77. The maximum absolute atomic E-state index is 12.2. The van der Waals surface area contributed by atoms with Gasteiger partial charge in [-0.25, -0.2) is 0 Å². The first-order valence-corrected chi connectivity index (χ1v) is 6.83. The highest BCUT2D eigenvalue weighted by Crippen LogP contribution is 2.22. The number of hydrogen-bond donors (Lipinski definition) is 3. The molecule has 112 valence electrons. The van der Waals surface area contributed by atoms with E-state index in [2.05, 4.69) is 10.3 Å². The first-order valence-electron chi connectivity index (χ1n) is 6.83. The van der Waals surface area contributed by atoms with Gasteiger partial charge in [-0.1, -0.05) is 0 Å². The molecule has 21 heavy (non-hydrogen) atoms. The number of amides is 1. The van der Waals surface area contributed by atoms with Crippen molar-refractivity contribution in [2.75, 3.05) is 6.54 Å². The van der Waals surface area contributed by atoms with Gasteiger partial charge in [-0.3, -0.25) is 9.59 Å². The summed E-state index contributed by atoms with van der Waals surface area (Å²) in [5, 5.41) is 12.7. The predicted molar refractivity (Wildman–Crippen MR) is 81.5 cm³/mol. The van der Waals surface area contributed by atoms with Crippen molar-refractivity contribution in [3.8, 4) is 0 Å². The fraction of sp³-hybridized carbons (Fsp3) is 0.375. The number of carbonyl (C=O) groups is 2. The molecule has 2 rings (SSSR count). The Morgan fingerprint density at radius 3 is 2.57 bits per heavy atom. The molecular weight excluding hydrogens is 268 g/mol. The number of H-pyrrole nitrogens is 1. The fourth-order valence-electron chi connectivity index (χ4n) is 2.08. The van der Waals surface area contributed by atoms with E-state index in [0.29, 0.717) is 5.56 Å². The molecule has 5 nitrogen and oxygen atoms in total. The monoisotopic (exact) mass is 288 g/mol. The molecule has 0 aliphatic rings. The van der Waals surface area contributed by atoms with Crippen LogP contribution in [0.15, 0.2) is 18.2 Å². The lowest BCUT2D eigenvalue weighted by Gasteiger charge is -2.19. The molecule has 0 aliphatic carbocycles. The first kappa shape index (κ1) is 15.1. The van der Waals surface area contributed by atoms with Crippen molar-refractivity contribution in [3.05, 3.63) is 35.0 Å². The van der Waals surface area contributed by atoms with Gasteiger partial charge >= 0.3 is 5.97 Å². The van der Waals surface area contributed by atoms with E-state index >= 15 is 0 Å². The molecule has 3 N–H and O–H groups in total. The molecule has 1 aromatic heterocycles. The molecule has 0 atom stereocenters. The van der Waals surface area contributed by atoms with Gasteiger partial charge in [0.1, 0.15) is 0 Å². The zero-order chi connectivity index (χ0) is 15.8. The van der Waals surface area contributed by atoms with Crippen molar-refractivity contribution in [1.29, 1.82) is 0 Å². The number of aliphatic carboxylic acids is 1. The highest BCUT2D eigenvalue weighted by molar-refractivity contribution is 5.99. The molecule has 0 spiro atoms. The molecule has 1 heterocycles. The number of hydrogen-bond acceptors (Lipinski definition) is 2. The lowest BCUT2D eigenvalue weighted by atomic mass is 9.94. The van der Waals surface area contributed by atoms with Gasteiger partial charge in [-0.05, 0) is 51.5 Å². The van der Waals surface area contributed by atoms with E-state index in [-0.39, 0.29) is 12.5 Å². The number of carboxylic acid groups (broad SMARTS) is 1. The standard InChI is InChI=1S/C16H20N2O3/c1-9-10(2)18-13-6-5-11(7-12(9)13)14(19)17-8-16(3,4)15(20)21/h5-7,18H,8H2,1-4H3,(H,17,19)(H,20,21). The van der Waals surface area contributed by atoms with Gasteiger partial charge in [-0.15, -0.1) is 0 Å². The number of carboxylic acids is 1. The van der Waals surface area contributed by atoms with E-state index in [1.807, 2.05) is 26.0 Å². The second-order valence-corrected chi connectivity index (χ2v) is 6.01. The van der Waals surface area contributed by atoms with Gasteiger partial charge in [-0.2, -0.15) is 0 Å². The second-order valence-electron chi connectivity index (χ2n) is 6.01. The summed E-state index contributed by atoms with van der Waals surface area (Å²) in [5.41, 5.74) is 2.73. The van der Waals surface area contributed by atoms with E-state index < -0.39 is 11.4 Å². The van der Waals surface area contributed by atoms with Crippen molar-refractivity contribution in [2.24, 2.45) is 5.41 Å². The zero-order valence-corrected chi connectivity index (χ0v) is 12.7. The van der Waals surface area contributed by atoms with E-state index in [1.54, 1.807) is 19.9 Å². The van der Waals surface area contributed by atoms with Gasteiger partial charge in [0.05, 0.1) is 5.41 Å². The number of carbonyl (C=O) groups excluding carboxylic acids is 1. The van der Waals surface area contributed by atoms with E-state index in [1.165, 1.54) is 0 Å². The van der Waals surface area contributed by atoms with Crippen LogP contribution in [0.25, 0.3) is 10.9 Å². The number of aromatic amines is 1. The average Bonchev–Trinajstić information content (AvgIpc) is 2.71. The minimum atomic E-state index is -0.986. The van der Waals surface area contributed by atoms with E-state index in [4.69, 9.17) is 5.11 Å². The first-order chi connectivity index (χ1) is 9.72. The Labute approximate surface area is 123 Å². The molecule has 1 amide bonds. The van der Waals surface area contributed by atoms with Crippen LogP contribution >= 0.6 is 0 Å². The average molecular weight is 288 g/mol. The molecule has 0 unspecified atom stereocenters. The molecular formula is C16H20N2O3. The summed E-state index contributed by atoms with van der Waals surface area (Å²) in [4.78, 5) is 26.5. The summed E-state index contributed by atoms with van der Waals surface area (Å²) in [6.45, 7) is 7.25. The Morgan fingerprint density at radius 1 is 1.29 bits per heavy atom. The van der Waals surface area contributed by atoms with Crippen molar-refractivity contribution >= 4 is 22.8 Å². The minimum absolute atomic E-state index is 0.0876. The number of fused-ring (bicyclic) bond motifs is 1. The van der Waals surface area contributed by atoms with Crippen LogP contribution in [0.2, 0.25) is 0 Å². The van der Waals surface area contributed by atoms with Crippen LogP contribution in [0.4, 0.5) is 0 Å². The Morgan fingerprint density at radius 2 is 1.95 bits per heavy atom. The summed E-state index contributed by atoms with van der Waals surface area (Å²) >= 11 is 0. The molecule has 5 heteroatoms. The van der Waals surface area contributed by atoms with Crippen molar-refractivity contribution < 1.29 is 14.7 Å². The lowest BCUT2D eigenvalue weighted by Crippen LogP contribution is -2.38. The fourth-order valence-corrected chi connectivity index (χ4v) is 2.08. The summed E-state index contributed by atoms with van der Waals surface area (Å²) < 4.78 is 0. The van der Waals surface area contributed by atoms with E-state index in [0.717, 1.165) is 22.2 Å². The van der Waals surface area contributed by atoms with Crippen molar-refractivity contribution in [3.63, 3.8) is 0 Å². The molecule has 0 saturated carbocycles. The molecule has 2 aromatic rings. The third kappa shape index (κ3) is 2.91. The Hall–Kier alpha value is -2.30. The van der Waals surface area contributed by atoms with Gasteiger partial charge in [0.2, 0.25) is 0 Å². The van der Waals surface area contributed by atoms with Crippen LogP contribution in [0, 0.1) is 19.3 Å². The highest BCUT2D eigenvalue weighted by Gasteiger charge is 2.27. The summed E-state index contributed by atoms with van der Waals surface area (Å²) in [5.74, 6) is -1.19. The van der Waals surface area contributed by atoms with Gasteiger partial charge in [0.15, 0.2) is 0 Å². The maximum Gasteiger partial charge on any atom is 0.310 e. The lowest BCUT2D eigenvalue weighted by molar-refractivity contribution is -0.146. The smallest absolute Gasteiger partial charge is 0.310 e. The predicted octanol–water partition coefficient (Wildman–Crippen LogP) is 2.63. The van der Waals surface area contributed by atoms with Crippen molar-refractivity contribution in [1.82, 2.24) is 10.3 Å². The quantitative estimate of drug-likeness (QED) is 0.808. The van der Waals surface area contributed by atoms with Crippen LogP contribution in [-0.4, -0.2) is 28.5 Å². The number of benzene rings is 1. The van der Waals surface area contributed by atoms with Crippen LogP contribution in [0.5, 0.6) is 0 Å². The minimum Gasteiger partial charge on any atom is -0.481 e. The largest absolute Gasteiger partial charge is 0.481 e. The molecule has 0 aliphatic heterocycles. The summed E-state index contributed by atoms with van der Waals surface area (Å²) in [6, 6.07) is 5.44. The summed E-state index contributed by atoms with van der Waals surface area (Å²) in [7, 11) is 0. The third-order valence-electron chi connectivity index (χ3n) is 3.84. The van der Waals surface area contributed by atoms with Crippen LogP contribution < -0.4 is 5.32 Å². The van der Waals surface area contributed by atoms with Gasteiger partial charge < -0.3 is 15.4 Å². The van der Waals surface area contributed by atoms with Gasteiger partial charge in [0.25, 0.3) is 5.91 Å². The normalized spacial score (nSPS) is 11.6. The van der Waals surface area contributed by atoms with Crippen LogP contribution in [0.3, 0.4) is 0 Å². The summed E-state index contributed by atoms with van der Waals surface area (Å²) in [6.07, 6.45) is 0.